The maximum atomic E-state index is 14.2. The van der Waals surface area contributed by atoms with Crippen molar-refractivity contribution in [3.8, 4) is 5.88 Å². The summed E-state index contributed by atoms with van der Waals surface area (Å²) in [6, 6.07) is 0.182. The van der Waals surface area contributed by atoms with Gasteiger partial charge in [0.25, 0.3) is 0 Å². The lowest BCUT2D eigenvalue weighted by molar-refractivity contribution is 0.0214. The second-order valence-corrected chi connectivity index (χ2v) is 11.1. The molecule has 4 aliphatic heterocycles. The van der Waals surface area contributed by atoms with E-state index < -0.39 is 11.8 Å². The number of piperazine rings is 1. The number of rotatable bonds is 4. The lowest BCUT2D eigenvalue weighted by atomic mass is 9.95. The molecule has 2 bridgehead atoms. The summed E-state index contributed by atoms with van der Waals surface area (Å²) >= 11 is 0. The van der Waals surface area contributed by atoms with Crippen LogP contribution in [0.3, 0.4) is 0 Å². The Morgan fingerprint density at radius 3 is 2.88 bits per heavy atom. The van der Waals surface area contributed by atoms with Gasteiger partial charge in [0.05, 0.1) is 23.9 Å². The van der Waals surface area contributed by atoms with Crippen molar-refractivity contribution in [3.05, 3.63) is 6.33 Å². The second kappa shape index (κ2) is 7.66. The SMILES string of the molecule is CC(C)(C)OC(=O)N1C[C@@H]2C[C@H]1CN2c1nc(OC[C@@]23CCCN2C[C@H](F)C3)c2[nH]cnc2n1. The van der Waals surface area contributed by atoms with Gasteiger partial charge in [0, 0.05) is 26.1 Å². The average molecular weight is 474 g/mol. The molecule has 1 amide bonds. The first-order chi connectivity index (χ1) is 16.2. The van der Waals surface area contributed by atoms with Crippen LogP contribution in [0.25, 0.3) is 11.2 Å². The van der Waals surface area contributed by atoms with Crippen LogP contribution in [0.5, 0.6) is 5.88 Å². The van der Waals surface area contributed by atoms with E-state index in [-0.39, 0.29) is 23.7 Å². The van der Waals surface area contributed by atoms with E-state index >= 15 is 0 Å². The molecule has 0 aliphatic carbocycles. The van der Waals surface area contributed by atoms with E-state index in [0.29, 0.717) is 55.7 Å². The number of aromatic amines is 1. The van der Waals surface area contributed by atoms with E-state index in [1.807, 2.05) is 25.7 Å². The molecule has 1 N–H and O–H groups in total. The molecular weight excluding hydrogens is 441 g/mol. The van der Waals surface area contributed by atoms with Crippen molar-refractivity contribution in [2.45, 2.75) is 75.8 Å². The van der Waals surface area contributed by atoms with Crippen molar-refractivity contribution in [2.75, 3.05) is 37.7 Å². The zero-order valence-electron chi connectivity index (χ0n) is 20.0. The van der Waals surface area contributed by atoms with Crippen LogP contribution in [0.15, 0.2) is 6.33 Å². The molecule has 4 atom stereocenters. The number of imidazole rings is 1. The number of nitrogens with one attached hydrogen (secondary N) is 1. The fourth-order valence-electron chi connectivity index (χ4n) is 6.14. The molecule has 0 spiro atoms. The topological polar surface area (TPSA) is 99.7 Å². The Morgan fingerprint density at radius 1 is 1.26 bits per heavy atom. The van der Waals surface area contributed by atoms with Gasteiger partial charge in [-0.05, 0) is 46.6 Å². The van der Waals surface area contributed by atoms with Crippen LogP contribution >= 0.6 is 0 Å². The Hall–Kier alpha value is -2.69. The van der Waals surface area contributed by atoms with Gasteiger partial charge in [-0.15, -0.1) is 0 Å². The minimum atomic E-state index is -0.801. The maximum absolute atomic E-state index is 14.2. The van der Waals surface area contributed by atoms with Crippen LogP contribution < -0.4 is 9.64 Å². The third-order valence-corrected chi connectivity index (χ3v) is 7.60. The van der Waals surface area contributed by atoms with Crippen LogP contribution in [0.4, 0.5) is 15.1 Å². The molecule has 4 fully saturated rings. The molecule has 4 aliphatic rings. The Kier molecular flexibility index (Phi) is 4.91. The molecular formula is C23H32FN7O3. The molecule has 11 heteroatoms. The van der Waals surface area contributed by atoms with Crippen molar-refractivity contribution >= 4 is 23.2 Å². The molecule has 0 aromatic carbocycles. The summed E-state index contributed by atoms with van der Waals surface area (Å²) in [7, 11) is 0. The van der Waals surface area contributed by atoms with Crippen molar-refractivity contribution in [1.82, 2.24) is 29.7 Å². The maximum Gasteiger partial charge on any atom is 0.410 e. The van der Waals surface area contributed by atoms with Crippen LogP contribution in [0, 0.1) is 0 Å². The number of halogens is 1. The van der Waals surface area contributed by atoms with Gasteiger partial charge >= 0.3 is 6.09 Å². The summed E-state index contributed by atoms with van der Waals surface area (Å²) in [4.78, 5) is 35.7. The van der Waals surface area contributed by atoms with Gasteiger partial charge in [0.2, 0.25) is 11.8 Å². The van der Waals surface area contributed by atoms with Crippen LogP contribution in [0.1, 0.15) is 46.5 Å². The number of carbonyl (C=O) groups is 1. The van der Waals surface area contributed by atoms with Crippen molar-refractivity contribution < 1.29 is 18.7 Å². The fourth-order valence-corrected chi connectivity index (χ4v) is 6.14. The molecule has 10 nitrogen and oxygen atoms in total. The number of alkyl halides is 1. The van der Waals surface area contributed by atoms with E-state index in [4.69, 9.17) is 14.5 Å². The summed E-state index contributed by atoms with van der Waals surface area (Å²) in [5, 5.41) is 0. The van der Waals surface area contributed by atoms with Crippen LogP contribution in [0.2, 0.25) is 0 Å². The third kappa shape index (κ3) is 3.64. The number of nitrogens with zero attached hydrogens (tertiary/aromatic N) is 6. The highest BCUT2D eigenvalue weighted by Gasteiger charge is 2.50. The summed E-state index contributed by atoms with van der Waals surface area (Å²) < 4.78 is 26.0. The van der Waals surface area contributed by atoms with E-state index in [1.165, 1.54) is 0 Å². The number of likely N-dealkylation sites (tertiary alicyclic amines) is 1. The Morgan fingerprint density at radius 2 is 2.12 bits per heavy atom. The zero-order chi connectivity index (χ0) is 23.7. The molecule has 6 heterocycles. The average Bonchev–Trinajstić information content (AvgIpc) is 3.55. The first-order valence-corrected chi connectivity index (χ1v) is 12.2. The van der Waals surface area contributed by atoms with Gasteiger partial charge in [-0.1, -0.05) is 0 Å². The number of fused-ring (bicyclic) bond motifs is 4. The molecule has 0 unspecified atom stereocenters. The standard InChI is InChI=1S/C23H32FN7O3/c1-22(2,3)34-21(32)31-11-15-7-16(31)10-30(15)20-27-18-17(25-13-26-18)19(28-20)33-12-23-5-4-6-29(23)9-14(24)8-23/h13-16H,4-12H2,1-3H3,(H,25,26,27,28)/t14-,15+,16+,23+/m1/s1. The predicted molar refractivity (Wildman–Crippen MR) is 123 cm³/mol. The van der Waals surface area contributed by atoms with Crippen LogP contribution in [-0.2, 0) is 4.74 Å². The normalized spacial score (nSPS) is 31.0. The third-order valence-electron chi connectivity index (χ3n) is 7.60. The number of ether oxygens (including phenoxy) is 2. The number of carbonyl (C=O) groups excluding carboxylic acids is 1. The summed E-state index contributed by atoms with van der Waals surface area (Å²) in [6.07, 6.45) is 3.88. The van der Waals surface area contributed by atoms with E-state index in [1.54, 1.807) is 6.33 Å². The van der Waals surface area contributed by atoms with Crippen molar-refractivity contribution in [2.24, 2.45) is 0 Å². The van der Waals surface area contributed by atoms with Crippen molar-refractivity contribution in [1.29, 1.82) is 0 Å². The smallest absolute Gasteiger partial charge is 0.410 e. The Balaban J connectivity index is 1.20. The quantitative estimate of drug-likeness (QED) is 0.723. The van der Waals surface area contributed by atoms with Crippen LogP contribution in [-0.4, -0.2) is 98.0 Å². The first kappa shape index (κ1) is 21.8. The van der Waals surface area contributed by atoms with Gasteiger partial charge in [-0.2, -0.15) is 9.97 Å². The number of amides is 1. The van der Waals surface area contributed by atoms with Gasteiger partial charge in [-0.25, -0.2) is 14.2 Å². The number of aromatic nitrogens is 4. The predicted octanol–water partition coefficient (Wildman–Crippen LogP) is 2.51. The van der Waals surface area contributed by atoms with Gasteiger partial charge < -0.3 is 24.3 Å². The highest BCUT2D eigenvalue weighted by atomic mass is 19.1. The number of hydrogen-bond donors (Lipinski definition) is 1. The highest BCUT2D eigenvalue weighted by molar-refractivity contribution is 5.77. The van der Waals surface area contributed by atoms with Gasteiger partial charge in [-0.3, -0.25) is 4.90 Å². The lowest BCUT2D eigenvalue weighted by Crippen LogP contribution is -2.50. The molecule has 184 valence electrons. The number of H-pyrrole nitrogens is 1. The minimum absolute atomic E-state index is 0.0635. The molecule has 0 radical (unpaired) electrons. The van der Waals surface area contributed by atoms with E-state index in [0.717, 1.165) is 25.8 Å². The molecule has 0 saturated carbocycles. The Labute approximate surface area is 197 Å². The monoisotopic (exact) mass is 473 g/mol. The molecule has 2 aromatic rings. The minimum Gasteiger partial charge on any atom is -0.474 e. The Bertz CT molecular complexity index is 1100. The first-order valence-electron chi connectivity index (χ1n) is 12.2. The van der Waals surface area contributed by atoms with Gasteiger partial charge in [0.1, 0.15) is 23.9 Å². The van der Waals surface area contributed by atoms with Crippen molar-refractivity contribution in [3.63, 3.8) is 0 Å². The van der Waals surface area contributed by atoms with Gasteiger partial charge in [0.15, 0.2) is 5.65 Å². The molecule has 34 heavy (non-hydrogen) atoms. The number of hydrogen-bond acceptors (Lipinski definition) is 8. The molecule has 6 rings (SSSR count). The second-order valence-electron chi connectivity index (χ2n) is 11.1. The molecule has 2 aromatic heterocycles. The summed E-state index contributed by atoms with van der Waals surface area (Å²) in [6.45, 7) is 8.66. The molecule has 4 saturated heterocycles. The fraction of sp³-hybridized carbons (Fsp3) is 0.739. The van der Waals surface area contributed by atoms with E-state index in [2.05, 4.69) is 24.8 Å². The zero-order valence-corrected chi connectivity index (χ0v) is 20.0. The number of anilines is 1. The lowest BCUT2D eigenvalue weighted by Gasteiger charge is -2.35. The largest absolute Gasteiger partial charge is 0.474 e. The summed E-state index contributed by atoms with van der Waals surface area (Å²) in [5.41, 5.74) is 0.424. The van der Waals surface area contributed by atoms with E-state index in [9.17, 15) is 9.18 Å². The summed E-state index contributed by atoms with van der Waals surface area (Å²) in [5.74, 6) is 1.01. The highest BCUT2D eigenvalue weighted by Crippen LogP contribution is 2.41.